The predicted octanol–water partition coefficient (Wildman–Crippen LogP) is 7.82. The zero-order chi connectivity index (χ0) is 46.4. The van der Waals surface area contributed by atoms with E-state index in [1.54, 1.807) is 9.80 Å². The van der Waals surface area contributed by atoms with Crippen molar-refractivity contribution in [2.75, 3.05) is 49.2 Å². The fourth-order valence-corrected chi connectivity index (χ4v) is 9.15. The number of allylic oxidation sites excluding steroid dienone is 1. The highest BCUT2D eigenvalue weighted by molar-refractivity contribution is 6.10. The van der Waals surface area contributed by atoms with Crippen molar-refractivity contribution in [1.29, 1.82) is 0 Å². The number of benzene rings is 2. The fourth-order valence-electron chi connectivity index (χ4n) is 9.15. The maximum absolute atomic E-state index is 12.5. The van der Waals surface area contributed by atoms with Crippen LogP contribution in [0.25, 0.3) is 5.57 Å². The van der Waals surface area contributed by atoms with Crippen molar-refractivity contribution >= 4 is 52.6 Å². The van der Waals surface area contributed by atoms with E-state index in [1.807, 2.05) is 78.2 Å². The highest BCUT2D eigenvalue weighted by atomic mass is 16.6. The molecule has 4 amide bonds. The summed E-state index contributed by atoms with van der Waals surface area (Å²) in [5.41, 5.74) is 11.6. The van der Waals surface area contributed by atoms with Gasteiger partial charge in [-0.2, -0.15) is 10.2 Å². The Labute approximate surface area is 377 Å². The van der Waals surface area contributed by atoms with Gasteiger partial charge in [-0.3, -0.25) is 9.59 Å². The Morgan fingerprint density at radius 3 is 1.52 bits per heavy atom. The summed E-state index contributed by atoms with van der Waals surface area (Å²) < 4.78 is 23.1. The van der Waals surface area contributed by atoms with E-state index in [9.17, 15) is 19.2 Å². The van der Waals surface area contributed by atoms with Crippen molar-refractivity contribution in [3.8, 4) is 11.5 Å². The number of amides is 4. The summed E-state index contributed by atoms with van der Waals surface area (Å²) in [6, 6.07) is 7.74. The number of likely N-dealkylation sites (tertiary alicyclic amines) is 2. The molecule has 6 aliphatic heterocycles. The molecule has 64 heavy (non-hydrogen) atoms. The molecule has 0 saturated carbocycles. The summed E-state index contributed by atoms with van der Waals surface area (Å²) in [6.07, 6.45) is 2.90. The minimum Gasteiger partial charge on any atom is -0.483 e. The zero-order valence-corrected chi connectivity index (χ0v) is 39.4. The monoisotopic (exact) mass is 883 g/mol. The number of rotatable bonds is 4. The number of piperidine rings is 2. The van der Waals surface area contributed by atoms with E-state index in [4.69, 9.17) is 18.9 Å². The van der Waals surface area contributed by atoms with Gasteiger partial charge in [0.25, 0.3) is 11.8 Å². The molecule has 0 radical (unpaired) electrons. The number of carbonyl (C=O) groups excluding carboxylic acids is 4. The Kier molecular flexibility index (Phi) is 13.0. The molecule has 2 saturated heterocycles. The summed E-state index contributed by atoms with van der Waals surface area (Å²) in [5, 5.41) is 8.38. The molecule has 6 aliphatic rings. The van der Waals surface area contributed by atoms with Gasteiger partial charge in [-0.25, -0.2) is 20.4 Å². The zero-order valence-electron chi connectivity index (χ0n) is 39.4. The number of ether oxygens (including phenoxy) is 4. The molecule has 0 spiro atoms. The minimum absolute atomic E-state index is 0.123. The summed E-state index contributed by atoms with van der Waals surface area (Å²) in [6.45, 7) is 28.9. The normalized spacial score (nSPS) is 21.2. The topological polar surface area (TPSA) is 167 Å². The molecule has 0 bridgehead atoms. The maximum Gasteiger partial charge on any atom is 0.410 e. The Morgan fingerprint density at radius 2 is 1.11 bits per heavy atom. The second-order valence-electron chi connectivity index (χ2n) is 20.0. The third kappa shape index (κ3) is 9.80. The van der Waals surface area contributed by atoms with Crippen LogP contribution in [0.2, 0.25) is 0 Å². The third-order valence-electron chi connectivity index (χ3n) is 12.5. The second-order valence-corrected chi connectivity index (χ2v) is 20.0. The fraction of sp³-hybridized carbons (Fsp3) is 0.583. The number of hydrogen-bond acceptors (Lipinski definition) is 12. The van der Waals surface area contributed by atoms with E-state index >= 15 is 0 Å². The molecular formula is C48H66N8O8. The van der Waals surface area contributed by atoms with Crippen molar-refractivity contribution in [2.24, 2.45) is 10.2 Å². The maximum atomic E-state index is 12.5. The number of nitrogens with zero attached hydrogens (tertiary/aromatic N) is 6. The number of anilines is 2. The Bertz CT molecular complexity index is 2240. The van der Waals surface area contributed by atoms with Gasteiger partial charge in [0.1, 0.15) is 48.0 Å². The number of carbonyl (C=O) groups is 4. The molecule has 2 fully saturated rings. The lowest BCUT2D eigenvalue weighted by Gasteiger charge is -2.40. The molecule has 16 nitrogen and oxygen atoms in total. The molecule has 8 rings (SSSR count). The summed E-state index contributed by atoms with van der Waals surface area (Å²) in [5.74, 6) is 3.60. The molecule has 2 aromatic carbocycles. The van der Waals surface area contributed by atoms with E-state index < -0.39 is 11.2 Å². The van der Waals surface area contributed by atoms with Crippen molar-refractivity contribution in [3.05, 3.63) is 53.1 Å². The lowest BCUT2D eigenvalue weighted by Crippen LogP contribution is -2.55. The highest BCUT2D eigenvalue weighted by Crippen LogP contribution is 2.45. The first-order valence-corrected chi connectivity index (χ1v) is 22.6. The van der Waals surface area contributed by atoms with Gasteiger partial charge in [-0.15, -0.1) is 0 Å². The predicted molar refractivity (Wildman–Crippen MR) is 247 cm³/mol. The van der Waals surface area contributed by atoms with Crippen LogP contribution in [0.1, 0.15) is 142 Å². The lowest BCUT2D eigenvalue weighted by molar-refractivity contribution is -0.123. The number of amidine groups is 2. The third-order valence-corrected chi connectivity index (χ3v) is 12.5. The average molecular weight is 883 g/mol. The van der Waals surface area contributed by atoms with Crippen molar-refractivity contribution in [1.82, 2.24) is 20.7 Å². The average Bonchev–Trinajstić information content (AvgIpc) is 3.24. The van der Waals surface area contributed by atoms with Crippen LogP contribution in [-0.2, 0) is 19.1 Å². The molecule has 0 aliphatic carbocycles. The van der Waals surface area contributed by atoms with Crippen molar-refractivity contribution in [2.45, 2.75) is 143 Å². The summed E-state index contributed by atoms with van der Waals surface area (Å²) in [7, 11) is 0. The number of nitrogens with one attached hydrogen (secondary N) is 2. The van der Waals surface area contributed by atoms with Crippen LogP contribution in [0.4, 0.5) is 21.0 Å². The first-order chi connectivity index (χ1) is 30.1. The summed E-state index contributed by atoms with van der Waals surface area (Å²) >= 11 is 0. The number of fused-ring (bicyclic) bond motifs is 6. The summed E-state index contributed by atoms with van der Waals surface area (Å²) in [4.78, 5) is 57.0. The lowest BCUT2D eigenvalue weighted by atomic mass is 9.82. The Hall–Kier alpha value is -5.80. The van der Waals surface area contributed by atoms with Crippen LogP contribution >= 0.6 is 0 Å². The molecule has 2 N–H and O–H groups in total. The molecule has 2 atom stereocenters. The molecule has 2 aromatic rings. The van der Waals surface area contributed by atoms with Gasteiger partial charge >= 0.3 is 12.2 Å². The van der Waals surface area contributed by atoms with Gasteiger partial charge in [0.05, 0.1) is 11.4 Å². The van der Waals surface area contributed by atoms with Gasteiger partial charge in [0.2, 0.25) is 0 Å². The highest BCUT2D eigenvalue weighted by Gasteiger charge is 2.39. The molecular weight excluding hydrogens is 817 g/mol. The van der Waals surface area contributed by atoms with Crippen LogP contribution in [0, 0.1) is 0 Å². The molecule has 16 heteroatoms. The van der Waals surface area contributed by atoms with Gasteiger partial charge in [0.15, 0.2) is 11.7 Å². The van der Waals surface area contributed by atoms with E-state index in [0.717, 1.165) is 59.7 Å². The van der Waals surface area contributed by atoms with E-state index in [0.29, 0.717) is 62.9 Å². The van der Waals surface area contributed by atoms with Crippen molar-refractivity contribution < 1.29 is 38.1 Å². The number of hydrogen-bond donors (Lipinski definition) is 2. The molecule has 6 heterocycles. The van der Waals surface area contributed by atoms with E-state index in [-0.39, 0.29) is 42.0 Å². The second kappa shape index (κ2) is 18.0. The molecule has 0 aromatic heterocycles. The first-order valence-electron chi connectivity index (χ1n) is 22.6. The van der Waals surface area contributed by atoms with Gasteiger partial charge in [-0.1, -0.05) is 26.0 Å². The van der Waals surface area contributed by atoms with Crippen molar-refractivity contribution in [3.63, 3.8) is 0 Å². The number of hydrazone groups is 2. The largest absolute Gasteiger partial charge is 0.483 e. The van der Waals surface area contributed by atoms with Crippen LogP contribution < -0.4 is 30.1 Å². The van der Waals surface area contributed by atoms with E-state index in [1.165, 1.54) is 16.7 Å². The van der Waals surface area contributed by atoms with Gasteiger partial charge in [-0.05, 0) is 152 Å². The smallest absolute Gasteiger partial charge is 0.410 e. The Balaban J connectivity index is 0.000000191. The SMILES string of the molecule is C=C(C)c1cc2c(cc1C1CCN(C(=O)OC(C)(C)C)CC1)N1C(=NNC(=O)C1C)CO2.CC(C)c1cc2c(cc1C1CCN(C(=O)OC(C)(C)C)CC1)N1C(=NNC(=O)C1C)CO2. The molecule has 2 unspecified atom stereocenters. The van der Waals surface area contributed by atoms with Crippen LogP contribution in [0.5, 0.6) is 11.5 Å². The first kappa shape index (κ1) is 46.2. The van der Waals surface area contributed by atoms with E-state index in [2.05, 4.69) is 59.7 Å². The molecule has 346 valence electrons. The Morgan fingerprint density at radius 1 is 0.703 bits per heavy atom. The van der Waals surface area contributed by atoms with Crippen LogP contribution in [0.3, 0.4) is 0 Å². The van der Waals surface area contributed by atoms with Gasteiger partial charge < -0.3 is 38.5 Å². The van der Waals surface area contributed by atoms with Gasteiger partial charge in [0, 0.05) is 26.2 Å². The quantitative estimate of drug-likeness (QED) is 0.309. The minimum atomic E-state index is -0.504. The van der Waals surface area contributed by atoms with Crippen LogP contribution in [-0.4, -0.2) is 108 Å². The van der Waals surface area contributed by atoms with Crippen LogP contribution in [0.15, 0.2) is 41.0 Å². The standard InChI is InChI=1S/C24H34N4O4.C24H32N4O4/c2*1-14(2)17-12-20-19(28-15(3)22(29)26-25-21(28)13-31-20)11-18(17)16-7-9-27(10-8-16)23(30)32-24(4,5)6/h11-12,14-16H,7-10,13H2,1-6H3,(H,26,29);11-12,15-16H,1,7-10,13H2,2-6H3,(H,26,29).